The lowest BCUT2D eigenvalue weighted by Gasteiger charge is -2.22. The molecule has 3 N–H and O–H groups in total. The molecule has 108 valence electrons. The molecule has 0 saturated carbocycles. The fraction of sp³-hybridized carbons (Fsp3) is 0.429. The van der Waals surface area contributed by atoms with E-state index in [-0.39, 0.29) is 5.91 Å². The summed E-state index contributed by atoms with van der Waals surface area (Å²) < 4.78 is 5.15. The summed E-state index contributed by atoms with van der Waals surface area (Å²) in [4.78, 5) is 23.8. The van der Waals surface area contributed by atoms with Crippen LogP contribution in [0, 0.1) is 0 Å². The van der Waals surface area contributed by atoms with E-state index in [1.165, 1.54) is 0 Å². The fourth-order valence-electron chi connectivity index (χ4n) is 1.84. The van der Waals surface area contributed by atoms with Crippen LogP contribution in [0.25, 0.3) is 0 Å². The number of hydrogen-bond acceptors (Lipinski definition) is 4. The molecule has 0 aliphatic carbocycles. The maximum atomic E-state index is 12.1. The van der Waals surface area contributed by atoms with E-state index in [0.717, 1.165) is 5.69 Å². The number of benzene rings is 1. The molecule has 0 saturated heterocycles. The number of carbonyl (C=O) groups is 2. The van der Waals surface area contributed by atoms with E-state index >= 15 is 0 Å². The van der Waals surface area contributed by atoms with Gasteiger partial charge in [-0.15, -0.1) is 0 Å². The molecular formula is C14H19N3O3. The number of rotatable bonds is 1. The number of fused-ring (bicyclic) bond motifs is 1. The highest BCUT2D eigenvalue weighted by Crippen LogP contribution is 2.23. The second-order valence-electron chi connectivity index (χ2n) is 5.61. The summed E-state index contributed by atoms with van der Waals surface area (Å²) in [5.74, 6) is -0.270. The Hall–Kier alpha value is -2.24. The highest BCUT2D eigenvalue weighted by Gasteiger charge is 2.26. The van der Waals surface area contributed by atoms with E-state index in [1.807, 2.05) is 18.2 Å². The molecule has 1 heterocycles. The van der Waals surface area contributed by atoms with Crippen LogP contribution in [0.5, 0.6) is 0 Å². The van der Waals surface area contributed by atoms with Crippen molar-refractivity contribution in [2.75, 3.05) is 17.2 Å². The summed E-state index contributed by atoms with van der Waals surface area (Å²) in [6.07, 6.45) is -0.606. The summed E-state index contributed by atoms with van der Waals surface area (Å²) in [6, 6.07) is 6.70. The number of para-hydroxylation sites is 2. The predicted molar refractivity (Wildman–Crippen MR) is 76.7 cm³/mol. The lowest BCUT2D eigenvalue weighted by Crippen LogP contribution is -2.48. The van der Waals surface area contributed by atoms with Gasteiger partial charge in [0.15, 0.2) is 0 Å². The van der Waals surface area contributed by atoms with Gasteiger partial charge in [0.25, 0.3) is 0 Å². The molecule has 6 heteroatoms. The molecule has 0 bridgehead atoms. The van der Waals surface area contributed by atoms with Gasteiger partial charge in [0.05, 0.1) is 11.4 Å². The normalized spacial score (nSPS) is 18.1. The first-order chi connectivity index (χ1) is 9.35. The van der Waals surface area contributed by atoms with Crippen LogP contribution in [0.3, 0.4) is 0 Å². The van der Waals surface area contributed by atoms with Gasteiger partial charge in [0.2, 0.25) is 5.91 Å². The second-order valence-corrected chi connectivity index (χ2v) is 5.61. The molecule has 2 amide bonds. The molecule has 0 spiro atoms. The zero-order valence-corrected chi connectivity index (χ0v) is 11.8. The van der Waals surface area contributed by atoms with E-state index in [1.54, 1.807) is 26.8 Å². The number of ether oxygens (including phenoxy) is 1. The second kappa shape index (κ2) is 5.40. The topological polar surface area (TPSA) is 79.5 Å². The number of alkyl carbamates (subject to hydrolysis) is 1. The van der Waals surface area contributed by atoms with Gasteiger partial charge < -0.3 is 20.7 Å². The number of nitrogens with one attached hydrogen (secondary N) is 3. The highest BCUT2D eigenvalue weighted by molar-refractivity contribution is 6.00. The molecule has 0 fully saturated rings. The Kier molecular flexibility index (Phi) is 3.83. The van der Waals surface area contributed by atoms with Crippen LogP contribution in [0.4, 0.5) is 16.2 Å². The molecule has 1 aromatic rings. The average molecular weight is 277 g/mol. The van der Waals surface area contributed by atoms with Crippen LogP contribution in [-0.2, 0) is 9.53 Å². The molecule has 1 aromatic carbocycles. The predicted octanol–water partition coefficient (Wildman–Crippen LogP) is 1.94. The van der Waals surface area contributed by atoms with Crippen molar-refractivity contribution < 1.29 is 14.3 Å². The molecule has 20 heavy (non-hydrogen) atoms. The first-order valence-electron chi connectivity index (χ1n) is 6.48. The first-order valence-corrected chi connectivity index (χ1v) is 6.48. The van der Waals surface area contributed by atoms with Gasteiger partial charge in [-0.3, -0.25) is 4.79 Å². The molecule has 1 aliphatic rings. The van der Waals surface area contributed by atoms with Crippen LogP contribution < -0.4 is 16.0 Å². The van der Waals surface area contributed by atoms with Gasteiger partial charge in [0.1, 0.15) is 11.6 Å². The van der Waals surface area contributed by atoms with Crippen LogP contribution in [0.15, 0.2) is 24.3 Å². The van der Waals surface area contributed by atoms with E-state index in [4.69, 9.17) is 4.74 Å². The molecule has 0 aromatic heterocycles. The van der Waals surface area contributed by atoms with Crippen molar-refractivity contribution in [3.8, 4) is 0 Å². The van der Waals surface area contributed by atoms with Crippen molar-refractivity contribution in [3.05, 3.63) is 24.3 Å². The van der Waals surface area contributed by atoms with E-state index in [0.29, 0.717) is 12.2 Å². The Bertz CT molecular complexity index is 523. The van der Waals surface area contributed by atoms with Gasteiger partial charge in [-0.2, -0.15) is 0 Å². The highest BCUT2D eigenvalue weighted by atomic mass is 16.6. The maximum Gasteiger partial charge on any atom is 0.408 e. The lowest BCUT2D eigenvalue weighted by molar-refractivity contribution is -0.117. The SMILES string of the molecule is CC(C)(C)OC(=O)N[C@@H]1CNc2ccccc2NC1=O. The number of hydrogen-bond donors (Lipinski definition) is 3. The van der Waals surface area contributed by atoms with Gasteiger partial charge >= 0.3 is 6.09 Å². The van der Waals surface area contributed by atoms with Gasteiger partial charge in [-0.25, -0.2) is 4.79 Å². The van der Waals surface area contributed by atoms with Crippen LogP contribution in [0.1, 0.15) is 20.8 Å². The molecule has 1 atom stereocenters. The molecule has 6 nitrogen and oxygen atoms in total. The van der Waals surface area contributed by atoms with Crippen molar-refractivity contribution in [1.82, 2.24) is 5.32 Å². The van der Waals surface area contributed by atoms with E-state index in [9.17, 15) is 9.59 Å². The van der Waals surface area contributed by atoms with Gasteiger partial charge in [-0.05, 0) is 32.9 Å². The summed E-state index contributed by atoms with van der Waals surface area (Å²) >= 11 is 0. The molecule has 1 aliphatic heterocycles. The standard InChI is InChI=1S/C14H19N3O3/c1-14(2,3)20-13(19)17-11-8-15-9-6-4-5-7-10(9)16-12(11)18/h4-7,11,15H,8H2,1-3H3,(H,16,18)(H,17,19)/t11-/m1/s1. The maximum absolute atomic E-state index is 12.1. The minimum Gasteiger partial charge on any atom is -0.444 e. The zero-order chi connectivity index (χ0) is 14.8. The number of amides is 2. The van der Waals surface area contributed by atoms with Crippen LogP contribution in [-0.4, -0.2) is 30.2 Å². The first kappa shape index (κ1) is 14.2. The Morgan fingerprint density at radius 3 is 2.60 bits per heavy atom. The Balaban J connectivity index is 2.02. The third-order valence-electron chi connectivity index (χ3n) is 2.69. The van der Waals surface area contributed by atoms with Crippen molar-refractivity contribution >= 4 is 23.4 Å². The molecule has 0 unspecified atom stereocenters. The summed E-state index contributed by atoms with van der Waals surface area (Å²) in [6.45, 7) is 5.62. The third kappa shape index (κ3) is 3.63. The summed E-state index contributed by atoms with van der Waals surface area (Å²) in [7, 11) is 0. The average Bonchev–Trinajstić information content (AvgIpc) is 2.47. The minimum absolute atomic E-state index is 0.270. The summed E-state index contributed by atoms with van der Waals surface area (Å²) in [5, 5.41) is 8.45. The Labute approximate surface area is 117 Å². The number of anilines is 2. The van der Waals surface area contributed by atoms with Crippen molar-refractivity contribution in [1.29, 1.82) is 0 Å². The minimum atomic E-state index is -0.683. The molecular weight excluding hydrogens is 258 g/mol. The van der Waals surface area contributed by atoms with Crippen LogP contribution >= 0.6 is 0 Å². The monoisotopic (exact) mass is 277 g/mol. The summed E-state index contributed by atoms with van der Waals surface area (Å²) in [5.41, 5.74) is 0.933. The smallest absolute Gasteiger partial charge is 0.408 e. The van der Waals surface area contributed by atoms with Crippen LogP contribution in [0.2, 0.25) is 0 Å². The Morgan fingerprint density at radius 2 is 1.95 bits per heavy atom. The van der Waals surface area contributed by atoms with Gasteiger partial charge in [0, 0.05) is 6.54 Å². The fourth-order valence-corrected chi connectivity index (χ4v) is 1.84. The third-order valence-corrected chi connectivity index (χ3v) is 2.69. The van der Waals surface area contributed by atoms with E-state index < -0.39 is 17.7 Å². The van der Waals surface area contributed by atoms with Crippen molar-refractivity contribution in [2.45, 2.75) is 32.4 Å². The van der Waals surface area contributed by atoms with Crippen molar-refractivity contribution in [3.63, 3.8) is 0 Å². The van der Waals surface area contributed by atoms with E-state index in [2.05, 4.69) is 16.0 Å². The zero-order valence-electron chi connectivity index (χ0n) is 11.8. The van der Waals surface area contributed by atoms with Gasteiger partial charge in [-0.1, -0.05) is 12.1 Å². The quantitative estimate of drug-likeness (QED) is 0.733. The lowest BCUT2D eigenvalue weighted by atomic mass is 10.2. The van der Waals surface area contributed by atoms with Crippen molar-refractivity contribution in [2.24, 2.45) is 0 Å². The number of carbonyl (C=O) groups excluding carboxylic acids is 2. The molecule has 2 rings (SSSR count). The Morgan fingerprint density at radius 1 is 1.30 bits per heavy atom. The molecule has 0 radical (unpaired) electrons. The largest absolute Gasteiger partial charge is 0.444 e.